The van der Waals surface area contributed by atoms with Gasteiger partial charge in [-0.2, -0.15) is 0 Å². The molecule has 1 fully saturated rings. The minimum absolute atomic E-state index is 0.204. The van der Waals surface area contributed by atoms with Gasteiger partial charge in [0.05, 0.1) is 6.54 Å². The van der Waals surface area contributed by atoms with E-state index < -0.39 is 0 Å². The van der Waals surface area contributed by atoms with Crippen LogP contribution < -0.4 is 5.32 Å². The van der Waals surface area contributed by atoms with Crippen LogP contribution in [-0.4, -0.2) is 54.4 Å². The smallest absolute Gasteiger partial charge is 0.236 e. The largest absolute Gasteiger partial charge is 0.373 e. The number of carbonyl (C=O) groups excluding carboxylic acids is 1. The van der Waals surface area contributed by atoms with Crippen molar-refractivity contribution in [2.75, 3.05) is 39.0 Å². The summed E-state index contributed by atoms with van der Waals surface area (Å²) in [6.07, 6.45) is 2.83. The molecule has 1 aromatic heterocycles. The maximum Gasteiger partial charge on any atom is 0.236 e. The number of hydrogen-bond donors (Lipinski definition) is 1. The third-order valence-corrected chi connectivity index (χ3v) is 3.24. The van der Waals surface area contributed by atoms with Crippen molar-refractivity contribution in [1.82, 2.24) is 14.8 Å². The van der Waals surface area contributed by atoms with E-state index in [-0.39, 0.29) is 5.91 Å². The Kier molecular flexibility index (Phi) is 4.15. The van der Waals surface area contributed by atoms with E-state index in [2.05, 4.69) is 15.2 Å². The summed E-state index contributed by atoms with van der Waals surface area (Å²) >= 11 is 0. The van der Waals surface area contributed by atoms with E-state index in [1.54, 1.807) is 6.20 Å². The minimum atomic E-state index is 0.204. The average Bonchev–Trinajstić information content (AvgIpc) is 2.52. The molecule has 0 radical (unpaired) electrons. The number of carbonyl (C=O) groups is 1. The summed E-state index contributed by atoms with van der Waals surface area (Å²) in [5, 5.41) is 3.03. The number of amides is 1. The van der Waals surface area contributed by atoms with Crippen molar-refractivity contribution >= 4 is 11.7 Å². The Morgan fingerprint density at radius 2 is 2.28 bits per heavy atom. The van der Waals surface area contributed by atoms with Crippen LogP contribution >= 0.6 is 0 Å². The summed E-state index contributed by atoms with van der Waals surface area (Å²) in [4.78, 5) is 20.0. The minimum Gasteiger partial charge on any atom is -0.373 e. The summed E-state index contributed by atoms with van der Waals surface area (Å²) in [6, 6.07) is 4.03. The fourth-order valence-electron chi connectivity index (χ4n) is 2.15. The van der Waals surface area contributed by atoms with Gasteiger partial charge in [-0.1, -0.05) is 0 Å². The topological polar surface area (TPSA) is 48.5 Å². The predicted octanol–water partition coefficient (Wildman–Crippen LogP) is 0.787. The van der Waals surface area contributed by atoms with Crippen LogP contribution in [0.1, 0.15) is 12.0 Å². The number of aromatic nitrogens is 1. The van der Waals surface area contributed by atoms with Gasteiger partial charge >= 0.3 is 0 Å². The predicted molar refractivity (Wildman–Crippen MR) is 71.3 cm³/mol. The standard InChI is InChI=1S/C13H20N4O/c1-14-12-8-11(4-5-15-12)9-17-7-3-6-16(2)13(18)10-17/h4-5,8H,3,6-7,9-10H2,1-2H3,(H,14,15). The van der Waals surface area contributed by atoms with E-state index in [1.807, 2.05) is 31.1 Å². The Hall–Kier alpha value is -1.62. The SMILES string of the molecule is CNc1cc(CN2CCCN(C)C(=O)C2)ccn1. The van der Waals surface area contributed by atoms with Crippen molar-refractivity contribution in [3.05, 3.63) is 23.9 Å². The van der Waals surface area contributed by atoms with Crippen LogP contribution in [0.15, 0.2) is 18.3 Å². The first kappa shape index (κ1) is 12.8. The molecular weight excluding hydrogens is 228 g/mol. The summed E-state index contributed by atoms with van der Waals surface area (Å²) in [5.41, 5.74) is 1.19. The highest BCUT2D eigenvalue weighted by atomic mass is 16.2. The van der Waals surface area contributed by atoms with Gasteiger partial charge in [0, 0.05) is 39.9 Å². The second-order valence-electron chi connectivity index (χ2n) is 4.68. The van der Waals surface area contributed by atoms with Crippen LogP contribution in [0.25, 0.3) is 0 Å². The highest BCUT2D eigenvalue weighted by molar-refractivity contribution is 5.78. The molecule has 2 rings (SSSR count). The summed E-state index contributed by atoms with van der Waals surface area (Å²) in [6.45, 7) is 3.13. The zero-order valence-corrected chi connectivity index (χ0v) is 11.0. The van der Waals surface area contributed by atoms with E-state index in [1.165, 1.54) is 5.56 Å². The molecule has 1 saturated heterocycles. The lowest BCUT2D eigenvalue weighted by molar-refractivity contribution is -0.129. The van der Waals surface area contributed by atoms with Crippen LogP contribution in [0.3, 0.4) is 0 Å². The molecule has 1 amide bonds. The number of nitrogens with zero attached hydrogens (tertiary/aromatic N) is 3. The van der Waals surface area contributed by atoms with Gasteiger partial charge in [0.2, 0.25) is 5.91 Å². The van der Waals surface area contributed by atoms with Crippen molar-refractivity contribution in [3.8, 4) is 0 Å². The third-order valence-electron chi connectivity index (χ3n) is 3.24. The van der Waals surface area contributed by atoms with Gasteiger partial charge in [0.25, 0.3) is 0 Å². The van der Waals surface area contributed by atoms with E-state index in [0.29, 0.717) is 6.54 Å². The van der Waals surface area contributed by atoms with Gasteiger partial charge in [-0.15, -0.1) is 0 Å². The van der Waals surface area contributed by atoms with E-state index in [0.717, 1.165) is 31.9 Å². The lowest BCUT2D eigenvalue weighted by Gasteiger charge is -2.19. The van der Waals surface area contributed by atoms with Gasteiger partial charge in [0.15, 0.2) is 0 Å². The molecule has 1 N–H and O–H groups in total. The number of likely N-dealkylation sites (N-methyl/N-ethyl adjacent to an activating group) is 1. The highest BCUT2D eigenvalue weighted by Gasteiger charge is 2.18. The molecule has 0 aromatic carbocycles. The summed E-state index contributed by atoms with van der Waals surface area (Å²) in [7, 11) is 3.73. The number of nitrogens with one attached hydrogen (secondary N) is 1. The Labute approximate surface area is 108 Å². The normalized spacial score (nSPS) is 17.7. The Morgan fingerprint density at radius 1 is 1.44 bits per heavy atom. The maximum absolute atomic E-state index is 11.8. The van der Waals surface area contributed by atoms with Crippen LogP contribution in [0, 0.1) is 0 Å². The van der Waals surface area contributed by atoms with E-state index in [9.17, 15) is 4.79 Å². The van der Waals surface area contributed by atoms with Gasteiger partial charge in [-0.05, 0) is 24.1 Å². The molecule has 1 aliphatic heterocycles. The van der Waals surface area contributed by atoms with Crippen molar-refractivity contribution in [2.45, 2.75) is 13.0 Å². The molecule has 0 spiro atoms. The molecular formula is C13H20N4O. The maximum atomic E-state index is 11.8. The molecule has 5 heteroatoms. The number of pyridine rings is 1. The van der Waals surface area contributed by atoms with Crippen LogP contribution in [0.2, 0.25) is 0 Å². The molecule has 1 aliphatic rings. The average molecular weight is 248 g/mol. The number of hydrogen-bond acceptors (Lipinski definition) is 4. The quantitative estimate of drug-likeness (QED) is 0.859. The monoisotopic (exact) mass is 248 g/mol. The first-order chi connectivity index (χ1) is 8.69. The molecule has 1 aromatic rings. The van der Waals surface area contributed by atoms with Crippen LogP contribution in [-0.2, 0) is 11.3 Å². The lowest BCUT2D eigenvalue weighted by atomic mass is 10.2. The molecule has 0 saturated carbocycles. The van der Waals surface area contributed by atoms with Crippen molar-refractivity contribution < 1.29 is 4.79 Å². The van der Waals surface area contributed by atoms with Crippen molar-refractivity contribution in [1.29, 1.82) is 0 Å². The van der Waals surface area contributed by atoms with Crippen molar-refractivity contribution in [2.24, 2.45) is 0 Å². The van der Waals surface area contributed by atoms with E-state index >= 15 is 0 Å². The summed E-state index contributed by atoms with van der Waals surface area (Å²) < 4.78 is 0. The molecule has 5 nitrogen and oxygen atoms in total. The molecule has 98 valence electrons. The first-order valence-corrected chi connectivity index (χ1v) is 6.28. The Bertz CT molecular complexity index is 421. The molecule has 18 heavy (non-hydrogen) atoms. The fraction of sp³-hybridized carbons (Fsp3) is 0.538. The molecule has 0 unspecified atom stereocenters. The molecule has 0 bridgehead atoms. The Morgan fingerprint density at radius 3 is 3.06 bits per heavy atom. The molecule has 0 atom stereocenters. The molecule has 0 aliphatic carbocycles. The fourth-order valence-corrected chi connectivity index (χ4v) is 2.15. The van der Waals surface area contributed by atoms with Gasteiger partial charge < -0.3 is 10.2 Å². The highest BCUT2D eigenvalue weighted by Crippen LogP contribution is 2.11. The Balaban J connectivity index is 2.01. The summed E-state index contributed by atoms with van der Waals surface area (Å²) in [5.74, 6) is 1.07. The van der Waals surface area contributed by atoms with Gasteiger partial charge in [-0.25, -0.2) is 4.98 Å². The number of anilines is 1. The second kappa shape index (κ2) is 5.82. The van der Waals surface area contributed by atoms with Crippen LogP contribution in [0.5, 0.6) is 0 Å². The lowest BCUT2D eigenvalue weighted by Crippen LogP contribution is -2.34. The van der Waals surface area contributed by atoms with E-state index in [4.69, 9.17) is 0 Å². The molecule has 2 heterocycles. The third kappa shape index (κ3) is 3.20. The first-order valence-electron chi connectivity index (χ1n) is 6.28. The van der Waals surface area contributed by atoms with Crippen LogP contribution in [0.4, 0.5) is 5.82 Å². The second-order valence-corrected chi connectivity index (χ2v) is 4.68. The number of rotatable bonds is 3. The van der Waals surface area contributed by atoms with Gasteiger partial charge in [0.1, 0.15) is 5.82 Å². The zero-order chi connectivity index (χ0) is 13.0. The van der Waals surface area contributed by atoms with Gasteiger partial charge in [-0.3, -0.25) is 9.69 Å². The zero-order valence-electron chi connectivity index (χ0n) is 11.0. The van der Waals surface area contributed by atoms with Crippen molar-refractivity contribution in [3.63, 3.8) is 0 Å².